The summed E-state index contributed by atoms with van der Waals surface area (Å²) in [6, 6.07) is 22.0. The summed E-state index contributed by atoms with van der Waals surface area (Å²) in [6.45, 7) is 0.505. The number of nitrogens with one attached hydrogen (secondary N) is 1. The number of carbonyl (C=O) groups excluding carboxylic acids is 1. The molecule has 1 atom stereocenters. The number of fused-ring (bicyclic) bond motifs is 1. The second-order valence-corrected chi connectivity index (χ2v) is 8.37. The molecule has 1 aliphatic heterocycles. The average Bonchev–Trinajstić information content (AvgIpc) is 3.37. The van der Waals surface area contributed by atoms with Gasteiger partial charge in [-0.25, -0.2) is 0 Å². The largest absolute Gasteiger partial charge is 0.507 e. The van der Waals surface area contributed by atoms with Crippen LogP contribution in [0.1, 0.15) is 33.2 Å². The number of hydrogen-bond donors (Lipinski definition) is 2. The Hall–Kier alpha value is -3.77. The highest BCUT2D eigenvalue weighted by Gasteiger charge is 2.42. The highest BCUT2D eigenvalue weighted by atomic mass is 35.5. The second kappa shape index (κ2) is 8.64. The van der Waals surface area contributed by atoms with Crippen LogP contribution in [0.3, 0.4) is 0 Å². The number of rotatable bonds is 6. The van der Waals surface area contributed by atoms with Crippen molar-refractivity contribution in [3.05, 3.63) is 100 Å². The molecule has 0 aliphatic carbocycles. The highest BCUT2D eigenvalue weighted by molar-refractivity contribution is 6.30. The van der Waals surface area contributed by atoms with E-state index in [4.69, 9.17) is 16.3 Å². The zero-order chi connectivity index (χ0) is 22.9. The van der Waals surface area contributed by atoms with Gasteiger partial charge in [0, 0.05) is 22.7 Å². The molecule has 6 nitrogen and oxygen atoms in total. The number of methoxy groups -OCH3 is 1. The van der Waals surface area contributed by atoms with Crippen LogP contribution in [0.4, 0.5) is 0 Å². The summed E-state index contributed by atoms with van der Waals surface area (Å²) in [7, 11) is 1.64. The zero-order valence-corrected chi connectivity index (χ0v) is 18.7. The van der Waals surface area contributed by atoms with E-state index < -0.39 is 0 Å². The van der Waals surface area contributed by atoms with E-state index in [9.17, 15) is 9.90 Å². The number of halogens is 1. The summed E-state index contributed by atoms with van der Waals surface area (Å²) in [6.07, 6.45) is 0.677. The third-order valence-electron chi connectivity index (χ3n) is 5.99. The Kier molecular flexibility index (Phi) is 5.52. The maximum Gasteiger partial charge on any atom is 0.273 e. The number of phenolic OH excluding ortho intramolecular Hbond substituents is 1. The minimum Gasteiger partial charge on any atom is -0.507 e. The quantitative estimate of drug-likeness (QED) is 0.413. The second-order valence-electron chi connectivity index (χ2n) is 7.93. The van der Waals surface area contributed by atoms with Gasteiger partial charge in [-0.3, -0.25) is 9.89 Å². The number of carbonyl (C=O) groups is 1. The van der Waals surface area contributed by atoms with Gasteiger partial charge in [-0.2, -0.15) is 5.10 Å². The molecule has 2 N–H and O–H groups in total. The normalized spacial score (nSPS) is 15.0. The summed E-state index contributed by atoms with van der Waals surface area (Å²) in [5, 5.41) is 18.4. The summed E-state index contributed by atoms with van der Waals surface area (Å²) < 4.78 is 5.24. The summed E-state index contributed by atoms with van der Waals surface area (Å²) >= 11 is 6.31. The molecule has 2 heterocycles. The van der Waals surface area contributed by atoms with Crippen LogP contribution in [0.25, 0.3) is 11.3 Å². The first-order chi connectivity index (χ1) is 16.1. The molecule has 3 aromatic carbocycles. The Bertz CT molecular complexity index is 1320. The van der Waals surface area contributed by atoms with Crippen molar-refractivity contribution < 1.29 is 14.6 Å². The molecule has 166 valence electrons. The predicted octanol–water partition coefficient (Wildman–Crippen LogP) is 5.23. The molecule has 0 unspecified atom stereocenters. The minimum absolute atomic E-state index is 0.112. The molecule has 0 spiro atoms. The van der Waals surface area contributed by atoms with E-state index in [-0.39, 0.29) is 17.7 Å². The SMILES string of the molecule is COc1ccc(CCN2C(=O)c3[nH]nc(-c4ccccc4O)c3[C@H]2c2cccc(Cl)c2)cc1. The molecule has 1 amide bonds. The van der Waals surface area contributed by atoms with Gasteiger partial charge in [0.1, 0.15) is 22.9 Å². The average molecular weight is 460 g/mol. The molecule has 0 saturated carbocycles. The van der Waals surface area contributed by atoms with Crippen molar-refractivity contribution in [1.29, 1.82) is 0 Å². The fraction of sp³-hybridized carbons (Fsp3) is 0.154. The van der Waals surface area contributed by atoms with Crippen molar-refractivity contribution in [2.24, 2.45) is 0 Å². The first-order valence-corrected chi connectivity index (χ1v) is 11.0. The summed E-state index contributed by atoms with van der Waals surface area (Å²) in [4.78, 5) is 15.3. The van der Waals surface area contributed by atoms with Crippen LogP contribution in [0.2, 0.25) is 5.02 Å². The van der Waals surface area contributed by atoms with E-state index in [0.29, 0.717) is 34.9 Å². The van der Waals surface area contributed by atoms with Gasteiger partial charge in [0.25, 0.3) is 5.91 Å². The number of aromatic amines is 1. The standard InChI is InChI=1S/C26H22ClN3O3/c1-33-19-11-9-16(10-12-19)13-14-30-25(17-5-4-6-18(27)15-17)22-23(28-29-24(22)26(30)32)20-7-2-3-8-21(20)31/h2-12,15,25,31H,13-14H2,1H3,(H,28,29)/t25-/m1/s1. The molecular weight excluding hydrogens is 438 g/mol. The molecule has 1 aromatic heterocycles. The van der Waals surface area contributed by atoms with E-state index in [2.05, 4.69) is 10.2 Å². The van der Waals surface area contributed by atoms with Crippen LogP contribution in [0.5, 0.6) is 11.5 Å². The lowest BCUT2D eigenvalue weighted by Gasteiger charge is -2.26. The van der Waals surface area contributed by atoms with Crippen LogP contribution in [-0.2, 0) is 6.42 Å². The molecule has 5 rings (SSSR count). The van der Waals surface area contributed by atoms with Gasteiger partial charge < -0.3 is 14.7 Å². The third-order valence-corrected chi connectivity index (χ3v) is 6.22. The van der Waals surface area contributed by atoms with Crippen molar-refractivity contribution in [2.75, 3.05) is 13.7 Å². The van der Waals surface area contributed by atoms with Crippen LogP contribution < -0.4 is 4.74 Å². The van der Waals surface area contributed by atoms with Gasteiger partial charge in [0.15, 0.2) is 0 Å². The van der Waals surface area contributed by atoms with Crippen LogP contribution in [0.15, 0.2) is 72.8 Å². The molecule has 1 aliphatic rings. The van der Waals surface area contributed by atoms with Gasteiger partial charge >= 0.3 is 0 Å². The predicted molar refractivity (Wildman–Crippen MR) is 127 cm³/mol. The lowest BCUT2D eigenvalue weighted by atomic mass is 9.95. The van der Waals surface area contributed by atoms with Crippen molar-refractivity contribution in [3.63, 3.8) is 0 Å². The maximum absolute atomic E-state index is 13.5. The number of amides is 1. The van der Waals surface area contributed by atoms with Crippen molar-refractivity contribution in [1.82, 2.24) is 15.1 Å². The fourth-order valence-electron chi connectivity index (χ4n) is 4.37. The molecule has 0 bridgehead atoms. The highest BCUT2D eigenvalue weighted by Crippen LogP contribution is 2.44. The van der Waals surface area contributed by atoms with E-state index in [0.717, 1.165) is 22.4 Å². The molecule has 4 aromatic rings. The van der Waals surface area contributed by atoms with Crippen molar-refractivity contribution in [2.45, 2.75) is 12.5 Å². The summed E-state index contributed by atoms with van der Waals surface area (Å²) in [5.41, 5.74) is 4.32. The molecule has 0 saturated heterocycles. The van der Waals surface area contributed by atoms with Gasteiger partial charge in [-0.15, -0.1) is 0 Å². The Morgan fingerprint density at radius 3 is 2.61 bits per heavy atom. The van der Waals surface area contributed by atoms with Crippen LogP contribution >= 0.6 is 11.6 Å². The van der Waals surface area contributed by atoms with Crippen molar-refractivity contribution in [3.8, 4) is 22.8 Å². The van der Waals surface area contributed by atoms with E-state index in [1.54, 1.807) is 25.3 Å². The summed E-state index contributed by atoms with van der Waals surface area (Å²) in [5.74, 6) is 0.777. The molecule has 33 heavy (non-hydrogen) atoms. The number of hydrogen-bond acceptors (Lipinski definition) is 4. The van der Waals surface area contributed by atoms with Gasteiger partial charge in [-0.05, 0) is 53.9 Å². The van der Waals surface area contributed by atoms with Crippen LogP contribution in [-0.4, -0.2) is 39.8 Å². The first-order valence-electron chi connectivity index (χ1n) is 10.6. The molecule has 0 radical (unpaired) electrons. The Balaban J connectivity index is 1.55. The minimum atomic E-state index is -0.377. The number of ether oxygens (including phenoxy) is 1. The molecule has 0 fully saturated rings. The number of aromatic nitrogens is 2. The smallest absolute Gasteiger partial charge is 0.273 e. The maximum atomic E-state index is 13.5. The fourth-order valence-corrected chi connectivity index (χ4v) is 4.57. The molecule has 7 heteroatoms. The monoisotopic (exact) mass is 459 g/mol. The topological polar surface area (TPSA) is 78.5 Å². The zero-order valence-electron chi connectivity index (χ0n) is 18.0. The number of aromatic hydroxyl groups is 1. The number of para-hydroxylation sites is 1. The lowest BCUT2D eigenvalue weighted by molar-refractivity contribution is 0.0746. The third kappa shape index (κ3) is 3.83. The first kappa shape index (κ1) is 21.1. The Morgan fingerprint density at radius 1 is 1.09 bits per heavy atom. The Labute approximate surface area is 196 Å². The van der Waals surface area contributed by atoms with E-state index >= 15 is 0 Å². The number of H-pyrrole nitrogens is 1. The number of nitrogens with zero attached hydrogens (tertiary/aromatic N) is 2. The lowest BCUT2D eigenvalue weighted by Crippen LogP contribution is -2.31. The van der Waals surface area contributed by atoms with Gasteiger partial charge in [0.05, 0.1) is 13.2 Å². The van der Waals surface area contributed by atoms with Gasteiger partial charge in [0.2, 0.25) is 0 Å². The van der Waals surface area contributed by atoms with E-state index in [1.165, 1.54) is 0 Å². The van der Waals surface area contributed by atoms with Crippen molar-refractivity contribution >= 4 is 17.5 Å². The van der Waals surface area contributed by atoms with Crippen LogP contribution in [0, 0.1) is 0 Å². The molecular formula is C26H22ClN3O3. The van der Waals surface area contributed by atoms with E-state index in [1.807, 2.05) is 59.5 Å². The number of phenols is 1. The number of benzene rings is 3. The Morgan fingerprint density at radius 2 is 1.88 bits per heavy atom. The van der Waals surface area contributed by atoms with Gasteiger partial charge in [-0.1, -0.05) is 48.0 Å².